The van der Waals surface area contributed by atoms with Crippen molar-refractivity contribution < 1.29 is 80.7 Å². The van der Waals surface area contributed by atoms with Crippen LogP contribution in [0, 0.1) is 34.5 Å². The van der Waals surface area contributed by atoms with E-state index in [0.29, 0.717) is 19.3 Å². The molecule has 0 heterocycles. The van der Waals surface area contributed by atoms with E-state index in [-0.39, 0.29) is 111 Å². The maximum Gasteiger partial charge on any atom is 1.00 e. The minimum Gasteiger partial charge on any atom is -0.550 e. The van der Waals surface area contributed by atoms with E-state index in [4.69, 9.17) is 4.74 Å². The molecule has 4 aliphatic rings. The smallest absolute Gasteiger partial charge is 0.550 e. The second-order valence-corrected chi connectivity index (χ2v) is 11.5. The predicted molar refractivity (Wildman–Crippen MR) is 116 cm³/mol. The molecule has 0 spiro atoms. The number of allylic oxidation sites excluding steroid dienone is 1. The minimum absolute atomic E-state index is 0. The Morgan fingerprint density at radius 2 is 1.85 bits per heavy atom. The third kappa shape index (κ3) is 4.60. The van der Waals surface area contributed by atoms with Gasteiger partial charge in [-0.2, -0.15) is 0 Å². The van der Waals surface area contributed by atoms with Crippen LogP contribution in [0.15, 0.2) is 11.6 Å². The van der Waals surface area contributed by atoms with Gasteiger partial charge in [0.15, 0.2) is 5.78 Å². The third-order valence-electron chi connectivity index (χ3n) is 9.73. The van der Waals surface area contributed by atoms with Crippen molar-refractivity contribution >= 4 is 17.7 Å². The molecule has 0 aromatic rings. The van der Waals surface area contributed by atoms with Crippen LogP contribution in [-0.2, 0) is 19.1 Å². The Morgan fingerprint density at radius 1 is 1.18 bits per heavy atom. The van der Waals surface area contributed by atoms with E-state index in [1.807, 2.05) is 13.8 Å². The van der Waals surface area contributed by atoms with E-state index in [1.54, 1.807) is 6.08 Å². The number of hydrogen-bond acceptors (Lipinski definition) is 6. The zero-order valence-corrected chi connectivity index (χ0v) is 23.9. The molecule has 0 radical (unpaired) electrons. The SMILES string of the molecule is CC(C)OC(=O)[C@@H]1CC2=CC(=O)CC[C@]2(C)[C@H]2CC[C@@]3(C)[C@@H](CC[C@@]3(O)CCC(=O)[O-])[C@H]12.[K+]. The standard InChI is InChI=1S/C26H38O6.K/c1-15(2)32-23(30)18-14-16-13-17(27)5-9-24(16,3)19-6-10-25(4)20(22(18)19)7-11-26(25,31)12-8-21(28)29;/h13,15,18-20,22,31H,5-12,14H2,1-4H3,(H,28,29);/q;+1/p-1/t18-,19+,20+,22-,24+,25+,26-;/m1./s1. The van der Waals surface area contributed by atoms with Gasteiger partial charge in [0.25, 0.3) is 0 Å². The normalized spacial score (nSPS) is 41.9. The first-order chi connectivity index (χ1) is 14.9. The first-order valence-electron chi connectivity index (χ1n) is 12.3. The molecule has 3 fully saturated rings. The molecule has 0 unspecified atom stereocenters. The molecule has 0 aliphatic heterocycles. The summed E-state index contributed by atoms with van der Waals surface area (Å²) in [6, 6.07) is 0. The zero-order valence-electron chi connectivity index (χ0n) is 20.8. The van der Waals surface area contributed by atoms with Gasteiger partial charge >= 0.3 is 57.4 Å². The van der Waals surface area contributed by atoms with Gasteiger partial charge in [-0.05, 0) is 99.9 Å². The van der Waals surface area contributed by atoms with Crippen LogP contribution in [0.5, 0.6) is 0 Å². The van der Waals surface area contributed by atoms with E-state index in [0.717, 1.165) is 31.3 Å². The number of hydrogen-bond donors (Lipinski definition) is 1. The van der Waals surface area contributed by atoms with Gasteiger partial charge in [-0.15, -0.1) is 0 Å². The van der Waals surface area contributed by atoms with Crippen molar-refractivity contribution in [1.82, 2.24) is 0 Å². The van der Waals surface area contributed by atoms with E-state index in [9.17, 15) is 24.6 Å². The van der Waals surface area contributed by atoms with Gasteiger partial charge in [0.1, 0.15) is 0 Å². The summed E-state index contributed by atoms with van der Waals surface area (Å²) in [5.41, 5.74) is -0.522. The van der Waals surface area contributed by atoms with Gasteiger partial charge < -0.3 is 19.7 Å². The van der Waals surface area contributed by atoms with Crippen molar-refractivity contribution in [3.8, 4) is 0 Å². The van der Waals surface area contributed by atoms with Crippen molar-refractivity contribution in [2.24, 2.45) is 34.5 Å². The molecule has 0 aromatic carbocycles. The molecule has 0 aromatic heterocycles. The van der Waals surface area contributed by atoms with E-state index in [1.165, 1.54) is 0 Å². The summed E-state index contributed by atoms with van der Waals surface area (Å²) in [6.07, 6.45) is 6.49. The number of aliphatic carboxylic acids is 1. The number of carbonyl (C=O) groups excluding carboxylic acids is 3. The zero-order chi connectivity index (χ0) is 23.5. The third-order valence-corrected chi connectivity index (χ3v) is 9.73. The molecule has 6 nitrogen and oxygen atoms in total. The maximum absolute atomic E-state index is 13.3. The van der Waals surface area contributed by atoms with Gasteiger partial charge in [-0.3, -0.25) is 9.59 Å². The monoisotopic (exact) mass is 484 g/mol. The fourth-order valence-corrected chi connectivity index (χ4v) is 7.95. The number of carbonyl (C=O) groups is 3. The first-order valence-corrected chi connectivity index (χ1v) is 12.3. The molecule has 1 N–H and O–H groups in total. The van der Waals surface area contributed by atoms with Crippen LogP contribution in [0.25, 0.3) is 0 Å². The van der Waals surface area contributed by atoms with Crippen LogP contribution in [-0.4, -0.2) is 34.5 Å². The number of carboxylic acid groups (broad SMARTS) is 1. The quantitative estimate of drug-likeness (QED) is 0.434. The molecular weight excluding hydrogens is 447 g/mol. The van der Waals surface area contributed by atoms with Gasteiger partial charge in [-0.25, -0.2) is 0 Å². The summed E-state index contributed by atoms with van der Waals surface area (Å²) in [5, 5.41) is 22.8. The van der Waals surface area contributed by atoms with Crippen molar-refractivity contribution in [3.63, 3.8) is 0 Å². The first kappa shape index (κ1) is 27.5. The van der Waals surface area contributed by atoms with Crippen LogP contribution in [0.4, 0.5) is 0 Å². The van der Waals surface area contributed by atoms with Crippen molar-refractivity contribution in [1.29, 1.82) is 0 Å². The molecule has 3 saturated carbocycles. The predicted octanol–water partition coefficient (Wildman–Crippen LogP) is -0.0388. The molecule has 4 aliphatic carbocycles. The molecule has 0 amide bonds. The Kier molecular flexibility index (Phi) is 8.16. The van der Waals surface area contributed by atoms with Crippen LogP contribution in [0.1, 0.15) is 85.5 Å². The van der Waals surface area contributed by atoms with Crippen LogP contribution >= 0.6 is 0 Å². The Hall–Kier alpha value is -0.0536. The van der Waals surface area contributed by atoms with Crippen LogP contribution in [0.3, 0.4) is 0 Å². The molecular formula is C26H37KO6. The molecule has 4 rings (SSSR count). The van der Waals surface area contributed by atoms with Crippen molar-refractivity contribution in [3.05, 3.63) is 11.6 Å². The minimum atomic E-state index is -1.13. The van der Waals surface area contributed by atoms with Gasteiger partial charge in [0, 0.05) is 12.4 Å². The number of rotatable bonds is 5. The van der Waals surface area contributed by atoms with Gasteiger partial charge in [0.2, 0.25) is 0 Å². The average molecular weight is 485 g/mol. The second-order valence-electron chi connectivity index (χ2n) is 11.5. The number of carboxylic acids is 1. The summed E-state index contributed by atoms with van der Waals surface area (Å²) in [5.74, 6) is -1.09. The summed E-state index contributed by atoms with van der Waals surface area (Å²) < 4.78 is 5.69. The number of esters is 1. The van der Waals surface area contributed by atoms with E-state index >= 15 is 0 Å². The topological polar surface area (TPSA) is 104 Å². The van der Waals surface area contributed by atoms with E-state index < -0.39 is 17.0 Å². The number of ether oxygens (including phenoxy) is 1. The Morgan fingerprint density at radius 3 is 2.48 bits per heavy atom. The summed E-state index contributed by atoms with van der Waals surface area (Å²) >= 11 is 0. The summed E-state index contributed by atoms with van der Waals surface area (Å²) in [6.45, 7) is 8.06. The van der Waals surface area contributed by atoms with Crippen LogP contribution in [0.2, 0.25) is 0 Å². The Balaban J connectivity index is 0.00000306. The second kappa shape index (κ2) is 9.77. The van der Waals surface area contributed by atoms with Gasteiger partial charge in [-0.1, -0.05) is 19.4 Å². The molecule has 0 saturated heterocycles. The Labute approximate surface area is 239 Å². The molecule has 7 heteroatoms. The maximum atomic E-state index is 13.3. The van der Waals surface area contributed by atoms with Crippen molar-refractivity contribution in [2.45, 2.75) is 97.2 Å². The molecule has 33 heavy (non-hydrogen) atoms. The molecule has 7 atom stereocenters. The summed E-state index contributed by atoms with van der Waals surface area (Å²) in [4.78, 5) is 36.7. The Bertz CT molecular complexity index is 852. The molecule has 0 bridgehead atoms. The van der Waals surface area contributed by atoms with Crippen molar-refractivity contribution in [2.75, 3.05) is 0 Å². The fourth-order valence-electron chi connectivity index (χ4n) is 7.95. The number of fused-ring (bicyclic) bond motifs is 5. The van der Waals surface area contributed by atoms with Crippen LogP contribution < -0.4 is 56.5 Å². The number of aliphatic hydroxyl groups is 1. The largest absolute Gasteiger partial charge is 1.00 e. The average Bonchev–Trinajstić information content (AvgIpc) is 2.97. The summed E-state index contributed by atoms with van der Waals surface area (Å²) in [7, 11) is 0. The number of ketones is 1. The molecule has 178 valence electrons. The van der Waals surface area contributed by atoms with Gasteiger partial charge in [0.05, 0.1) is 17.6 Å². The fraction of sp³-hybridized carbons (Fsp3) is 0.808. The van der Waals surface area contributed by atoms with E-state index in [2.05, 4.69) is 13.8 Å².